The molecule has 1 saturated carbocycles. The van der Waals surface area contributed by atoms with Crippen molar-refractivity contribution in [2.24, 2.45) is 5.92 Å². The molecule has 0 aliphatic heterocycles. The zero-order valence-corrected chi connectivity index (χ0v) is 16.3. The number of hydrogen-bond donors (Lipinski definition) is 2. The quantitative estimate of drug-likeness (QED) is 0.748. The summed E-state index contributed by atoms with van der Waals surface area (Å²) in [7, 11) is 0. The van der Waals surface area contributed by atoms with Crippen LogP contribution < -0.4 is 10.6 Å². The van der Waals surface area contributed by atoms with Crippen molar-refractivity contribution >= 4 is 33.4 Å². The first-order valence-electron chi connectivity index (χ1n) is 8.94. The van der Waals surface area contributed by atoms with Crippen molar-refractivity contribution in [1.82, 2.24) is 5.32 Å². The maximum atomic E-state index is 12.2. The van der Waals surface area contributed by atoms with Crippen LogP contribution in [0.2, 0.25) is 0 Å². The van der Waals surface area contributed by atoms with Crippen molar-refractivity contribution in [3.63, 3.8) is 0 Å². The molecule has 0 spiro atoms. The second-order valence-corrected chi connectivity index (χ2v) is 7.74. The van der Waals surface area contributed by atoms with Crippen molar-refractivity contribution < 1.29 is 14.0 Å². The molecule has 1 aromatic carbocycles. The minimum atomic E-state index is -0.312. The molecule has 1 aromatic heterocycles. The second-order valence-electron chi connectivity index (χ2n) is 6.96. The van der Waals surface area contributed by atoms with Gasteiger partial charge in [-0.3, -0.25) is 9.59 Å². The Morgan fingerprint density at radius 2 is 1.77 bits per heavy atom. The van der Waals surface area contributed by atoms with Gasteiger partial charge in [-0.15, -0.1) is 0 Å². The standard InChI is InChI=1S/C20H23BrN2O3/c1-13-2-6-15(7-3-13)22-19(24)12-14-4-8-16(9-5-14)23-20(25)17-10-11-18(21)26-17/h4-5,8-11,13,15H,2-3,6-7,12H2,1H3,(H,22,24)(H,23,25). The molecule has 1 aliphatic carbocycles. The van der Waals surface area contributed by atoms with Crippen LogP contribution in [0.3, 0.4) is 0 Å². The van der Waals surface area contributed by atoms with Crippen molar-refractivity contribution in [2.45, 2.75) is 45.1 Å². The van der Waals surface area contributed by atoms with Crippen molar-refractivity contribution in [3.8, 4) is 0 Å². The van der Waals surface area contributed by atoms with E-state index in [2.05, 4.69) is 33.5 Å². The van der Waals surface area contributed by atoms with Gasteiger partial charge in [-0.2, -0.15) is 0 Å². The lowest BCUT2D eigenvalue weighted by Gasteiger charge is -2.26. The third-order valence-electron chi connectivity index (χ3n) is 4.75. The summed E-state index contributed by atoms with van der Waals surface area (Å²) in [5.74, 6) is 0.754. The Bertz CT molecular complexity index is 762. The molecule has 1 heterocycles. The van der Waals surface area contributed by atoms with E-state index in [9.17, 15) is 9.59 Å². The first kappa shape index (κ1) is 18.7. The number of nitrogens with one attached hydrogen (secondary N) is 2. The summed E-state index contributed by atoms with van der Waals surface area (Å²) in [5.41, 5.74) is 1.58. The molecule has 2 N–H and O–H groups in total. The number of anilines is 1. The average molecular weight is 419 g/mol. The van der Waals surface area contributed by atoms with Gasteiger partial charge >= 0.3 is 0 Å². The average Bonchev–Trinajstić information content (AvgIpc) is 3.05. The largest absolute Gasteiger partial charge is 0.444 e. The molecular weight excluding hydrogens is 396 g/mol. The van der Waals surface area contributed by atoms with Gasteiger partial charge in [-0.05, 0) is 77.4 Å². The number of rotatable bonds is 5. The van der Waals surface area contributed by atoms with E-state index >= 15 is 0 Å². The molecule has 0 unspecified atom stereocenters. The monoisotopic (exact) mass is 418 g/mol. The summed E-state index contributed by atoms with van der Waals surface area (Å²) < 4.78 is 5.73. The van der Waals surface area contributed by atoms with E-state index in [-0.39, 0.29) is 17.6 Å². The summed E-state index contributed by atoms with van der Waals surface area (Å²) in [5, 5.41) is 5.90. The molecule has 5 nitrogen and oxygen atoms in total. The molecule has 6 heteroatoms. The van der Waals surface area contributed by atoms with E-state index in [0.29, 0.717) is 22.8 Å². The normalized spacial score (nSPS) is 19.8. The molecule has 0 bridgehead atoms. The maximum absolute atomic E-state index is 12.2. The summed E-state index contributed by atoms with van der Waals surface area (Å²) in [6.45, 7) is 2.27. The lowest BCUT2D eigenvalue weighted by atomic mass is 9.87. The predicted octanol–water partition coefficient (Wildman–Crippen LogP) is 4.53. The molecule has 0 saturated heterocycles. The molecular formula is C20H23BrN2O3. The van der Waals surface area contributed by atoms with Crippen LogP contribution in [0.15, 0.2) is 45.5 Å². The summed E-state index contributed by atoms with van der Waals surface area (Å²) >= 11 is 3.17. The molecule has 26 heavy (non-hydrogen) atoms. The number of halogens is 1. The zero-order chi connectivity index (χ0) is 18.5. The molecule has 3 rings (SSSR count). The van der Waals surface area contributed by atoms with Crippen LogP contribution in [0, 0.1) is 5.92 Å². The number of amides is 2. The molecule has 138 valence electrons. The molecule has 1 fully saturated rings. The van der Waals surface area contributed by atoms with E-state index in [1.54, 1.807) is 24.3 Å². The lowest BCUT2D eigenvalue weighted by molar-refractivity contribution is -0.121. The Morgan fingerprint density at radius 1 is 1.08 bits per heavy atom. The number of furan rings is 1. The van der Waals surface area contributed by atoms with Gasteiger partial charge < -0.3 is 15.1 Å². The second kappa shape index (κ2) is 8.54. The van der Waals surface area contributed by atoms with Crippen molar-refractivity contribution in [3.05, 3.63) is 52.4 Å². The van der Waals surface area contributed by atoms with Crippen molar-refractivity contribution in [2.75, 3.05) is 5.32 Å². The Labute approximate surface area is 161 Å². The van der Waals surface area contributed by atoms with Crippen LogP contribution in [-0.2, 0) is 11.2 Å². The van der Waals surface area contributed by atoms with Gasteiger partial charge in [0.1, 0.15) is 0 Å². The van der Waals surface area contributed by atoms with Gasteiger partial charge in [-0.25, -0.2) is 0 Å². The van der Waals surface area contributed by atoms with Crippen LogP contribution in [0.1, 0.15) is 48.7 Å². The summed E-state index contributed by atoms with van der Waals surface area (Å²) in [6.07, 6.45) is 4.87. The highest BCUT2D eigenvalue weighted by atomic mass is 79.9. The Balaban J connectivity index is 1.49. The van der Waals surface area contributed by atoms with Crippen LogP contribution >= 0.6 is 15.9 Å². The first-order valence-corrected chi connectivity index (χ1v) is 9.74. The number of benzene rings is 1. The van der Waals surface area contributed by atoms with Gasteiger partial charge in [0, 0.05) is 11.7 Å². The van der Waals surface area contributed by atoms with Crippen LogP contribution in [0.25, 0.3) is 0 Å². The maximum Gasteiger partial charge on any atom is 0.291 e. The van der Waals surface area contributed by atoms with E-state index in [0.717, 1.165) is 24.3 Å². The third-order valence-corrected chi connectivity index (χ3v) is 5.18. The fourth-order valence-electron chi connectivity index (χ4n) is 3.20. The smallest absolute Gasteiger partial charge is 0.291 e. The first-order chi connectivity index (χ1) is 12.5. The SMILES string of the molecule is CC1CCC(NC(=O)Cc2ccc(NC(=O)c3ccc(Br)o3)cc2)CC1. The van der Waals surface area contributed by atoms with Gasteiger partial charge in [-0.1, -0.05) is 19.1 Å². The number of hydrogen-bond acceptors (Lipinski definition) is 3. The highest BCUT2D eigenvalue weighted by molar-refractivity contribution is 9.10. The molecule has 0 radical (unpaired) electrons. The van der Waals surface area contributed by atoms with E-state index in [1.807, 2.05) is 12.1 Å². The van der Waals surface area contributed by atoms with Crippen molar-refractivity contribution in [1.29, 1.82) is 0 Å². The topological polar surface area (TPSA) is 71.3 Å². The third kappa shape index (κ3) is 5.21. The van der Waals surface area contributed by atoms with Crippen LogP contribution in [0.4, 0.5) is 5.69 Å². The Morgan fingerprint density at radius 3 is 2.38 bits per heavy atom. The minimum absolute atomic E-state index is 0.0572. The summed E-state index contributed by atoms with van der Waals surface area (Å²) in [4.78, 5) is 24.3. The van der Waals surface area contributed by atoms with Gasteiger partial charge in [0.05, 0.1) is 6.42 Å². The van der Waals surface area contributed by atoms with Gasteiger partial charge in [0.2, 0.25) is 5.91 Å². The minimum Gasteiger partial charge on any atom is -0.444 e. The fourth-order valence-corrected chi connectivity index (χ4v) is 3.51. The molecule has 1 aliphatic rings. The Hall–Kier alpha value is -2.08. The highest BCUT2D eigenvalue weighted by Crippen LogP contribution is 2.23. The van der Waals surface area contributed by atoms with E-state index in [1.165, 1.54) is 12.8 Å². The van der Waals surface area contributed by atoms with E-state index < -0.39 is 0 Å². The number of carbonyl (C=O) groups is 2. The zero-order valence-electron chi connectivity index (χ0n) is 14.8. The van der Waals surface area contributed by atoms with Crippen LogP contribution in [-0.4, -0.2) is 17.9 Å². The van der Waals surface area contributed by atoms with Crippen LogP contribution in [0.5, 0.6) is 0 Å². The van der Waals surface area contributed by atoms with Gasteiger partial charge in [0.15, 0.2) is 10.4 Å². The Kier molecular flexibility index (Phi) is 6.14. The molecule has 0 atom stereocenters. The summed E-state index contributed by atoms with van der Waals surface area (Å²) in [6, 6.07) is 10.9. The van der Waals surface area contributed by atoms with Gasteiger partial charge in [0.25, 0.3) is 5.91 Å². The molecule has 2 aromatic rings. The number of carbonyl (C=O) groups excluding carboxylic acids is 2. The molecule has 2 amide bonds. The highest BCUT2D eigenvalue weighted by Gasteiger charge is 2.19. The lowest BCUT2D eigenvalue weighted by Crippen LogP contribution is -2.38. The fraction of sp³-hybridized carbons (Fsp3) is 0.400. The predicted molar refractivity (Wildman–Crippen MR) is 104 cm³/mol. The van der Waals surface area contributed by atoms with E-state index in [4.69, 9.17) is 4.42 Å².